The molecule has 0 saturated carbocycles. The second kappa shape index (κ2) is 14.0. The third-order valence-corrected chi connectivity index (χ3v) is 4.95. The predicted molar refractivity (Wildman–Crippen MR) is 142 cm³/mol. The monoisotopic (exact) mass is 519 g/mol. The smallest absolute Gasteiger partial charge is 0.343 e. The minimum absolute atomic E-state index is 0.224. The molecule has 3 aromatic rings. The van der Waals surface area contributed by atoms with E-state index in [1.54, 1.807) is 73.7 Å². The van der Waals surface area contributed by atoms with E-state index in [9.17, 15) is 14.4 Å². The summed E-state index contributed by atoms with van der Waals surface area (Å²) >= 11 is 0. The summed E-state index contributed by atoms with van der Waals surface area (Å²) in [6.45, 7) is 4.73. The molecule has 0 fully saturated rings. The number of carbonyl (C=O) groups excluding carboxylic acids is 3. The van der Waals surface area contributed by atoms with Gasteiger partial charge >= 0.3 is 17.8 Å². The highest BCUT2D eigenvalue weighted by molar-refractivity contribution is 6.39. The first kappa shape index (κ1) is 27.7. The summed E-state index contributed by atoms with van der Waals surface area (Å²) in [5.41, 5.74) is 3.47. The summed E-state index contributed by atoms with van der Waals surface area (Å²) in [5.74, 6) is -0.647. The number of hydrazone groups is 1. The second-order valence-corrected chi connectivity index (χ2v) is 7.79. The van der Waals surface area contributed by atoms with Gasteiger partial charge in [0.25, 0.3) is 0 Å². The maximum atomic E-state index is 12.6. The largest absolute Gasteiger partial charge is 0.497 e. The van der Waals surface area contributed by atoms with Crippen molar-refractivity contribution in [3.8, 4) is 23.0 Å². The lowest BCUT2D eigenvalue weighted by molar-refractivity contribution is -0.136. The van der Waals surface area contributed by atoms with Gasteiger partial charge in [0.1, 0.15) is 11.5 Å². The van der Waals surface area contributed by atoms with Gasteiger partial charge in [0.15, 0.2) is 11.5 Å². The van der Waals surface area contributed by atoms with Crippen molar-refractivity contribution in [2.24, 2.45) is 5.10 Å². The Bertz CT molecular complexity index is 1290. The summed E-state index contributed by atoms with van der Waals surface area (Å²) in [6, 6.07) is 18.0. The number of benzene rings is 3. The van der Waals surface area contributed by atoms with Crippen LogP contribution in [0.25, 0.3) is 0 Å². The number of hydrogen-bond donors (Lipinski definition) is 2. The number of hydrogen-bond acceptors (Lipinski definition) is 8. The number of ether oxygens (including phenoxy) is 4. The zero-order chi connectivity index (χ0) is 27.3. The molecule has 0 aromatic heterocycles. The van der Waals surface area contributed by atoms with Crippen LogP contribution in [0.15, 0.2) is 71.8 Å². The van der Waals surface area contributed by atoms with Crippen LogP contribution in [0.2, 0.25) is 0 Å². The molecule has 10 nitrogen and oxygen atoms in total. The van der Waals surface area contributed by atoms with Gasteiger partial charge in [0.05, 0.1) is 32.1 Å². The number of nitrogens with one attached hydrogen (secondary N) is 2. The van der Waals surface area contributed by atoms with Crippen molar-refractivity contribution in [3.63, 3.8) is 0 Å². The van der Waals surface area contributed by atoms with Crippen LogP contribution >= 0.6 is 0 Å². The summed E-state index contributed by atoms with van der Waals surface area (Å²) in [7, 11) is 1.50. The Labute approximate surface area is 220 Å². The zero-order valence-corrected chi connectivity index (χ0v) is 21.4. The maximum Gasteiger partial charge on any atom is 0.343 e. The van der Waals surface area contributed by atoms with Crippen LogP contribution in [0.1, 0.15) is 36.2 Å². The number of nitrogens with zero attached hydrogens (tertiary/aromatic N) is 1. The second-order valence-electron chi connectivity index (χ2n) is 7.79. The first-order chi connectivity index (χ1) is 18.4. The van der Waals surface area contributed by atoms with E-state index < -0.39 is 17.8 Å². The molecule has 3 rings (SSSR count). The Morgan fingerprint density at radius 1 is 0.868 bits per heavy atom. The lowest BCUT2D eigenvalue weighted by Crippen LogP contribution is -2.32. The average molecular weight is 520 g/mol. The fourth-order valence-corrected chi connectivity index (χ4v) is 3.13. The van der Waals surface area contributed by atoms with E-state index in [2.05, 4.69) is 15.8 Å². The topological polar surface area (TPSA) is 125 Å². The molecule has 0 bridgehead atoms. The van der Waals surface area contributed by atoms with Crippen LogP contribution in [-0.4, -0.2) is 44.3 Å². The molecular formula is C28H29N3O7. The Hall–Kier alpha value is -4.86. The molecule has 0 aliphatic rings. The molecule has 0 atom stereocenters. The number of anilines is 1. The number of amides is 2. The summed E-state index contributed by atoms with van der Waals surface area (Å²) in [5, 5.41) is 6.28. The molecule has 10 heteroatoms. The first-order valence-corrected chi connectivity index (χ1v) is 11.9. The Balaban J connectivity index is 1.61. The fraction of sp³-hybridized carbons (Fsp3) is 0.214. The lowest BCUT2D eigenvalue weighted by atomic mass is 10.2. The molecule has 0 unspecified atom stereocenters. The van der Waals surface area contributed by atoms with Crippen LogP contribution in [0, 0.1) is 0 Å². The highest BCUT2D eigenvalue weighted by Gasteiger charge is 2.15. The van der Waals surface area contributed by atoms with Gasteiger partial charge in [-0.05, 0) is 73.5 Å². The Morgan fingerprint density at radius 3 is 2.37 bits per heavy atom. The number of esters is 1. The van der Waals surface area contributed by atoms with Crippen molar-refractivity contribution in [1.82, 2.24) is 5.43 Å². The number of rotatable bonds is 11. The third kappa shape index (κ3) is 8.09. The van der Waals surface area contributed by atoms with E-state index >= 15 is 0 Å². The molecule has 198 valence electrons. The minimum Gasteiger partial charge on any atom is -0.497 e. The highest BCUT2D eigenvalue weighted by Crippen LogP contribution is 2.29. The van der Waals surface area contributed by atoms with Crippen molar-refractivity contribution >= 4 is 29.7 Å². The quantitative estimate of drug-likeness (QED) is 0.128. The van der Waals surface area contributed by atoms with Gasteiger partial charge in [-0.3, -0.25) is 9.59 Å². The van der Waals surface area contributed by atoms with Gasteiger partial charge in [-0.25, -0.2) is 10.2 Å². The molecule has 3 aromatic carbocycles. The predicted octanol–water partition coefficient (Wildman–Crippen LogP) is 4.19. The van der Waals surface area contributed by atoms with Crippen LogP contribution in [-0.2, 0) is 9.59 Å². The number of methoxy groups -OCH3 is 1. The van der Waals surface area contributed by atoms with Gasteiger partial charge in [0, 0.05) is 11.8 Å². The molecule has 0 heterocycles. The van der Waals surface area contributed by atoms with Gasteiger partial charge in [0.2, 0.25) is 0 Å². The van der Waals surface area contributed by atoms with Crippen LogP contribution < -0.4 is 29.7 Å². The van der Waals surface area contributed by atoms with E-state index in [0.717, 1.165) is 6.42 Å². The Morgan fingerprint density at radius 2 is 1.66 bits per heavy atom. The van der Waals surface area contributed by atoms with Gasteiger partial charge in [-0.1, -0.05) is 13.0 Å². The lowest BCUT2D eigenvalue weighted by Gasteiger charge is -2.12. The van der Waals surface area contributed by atoms with E-state index in [1.165, 1.54) is 13.3 Å². The van der Waals surface area contributed by atoms with Crippen LogP contribution in [0.3, 0.4) is 0 Å². The normalized spacial score (nSPS) is 10.5. The average Bonchev–Trinajstić information content (AvgIpc) is 2.93. The minimum atomic E-state index is -0.953. The third-order valence-electron chi connectivity index (χ3n) is 4.95. The molecule has 2 N–H and O–H groups in total. The summed E-state index contributed by atoms with van der Waals surface area (Å²) in [6.07, 6.45) is 2.22. The van der Waals surface area contributed by atoms with E-state index in [-0.39, 0.29) is 5.75 Å². The first-order valence-electron chi connectivity index (χ1n) is 11.9. The number of carbonyl (C=O) groups is 3. The van der Waals surface area contributed by atoms with Crippen molar-refractivity contribution in [1.29, 1.82) is 0 Å². The van der Waals surface area contributed by atoms with E-state index in [0.29, 0.717) is 47.3 Å². The van der Waals surface area contributed by atoms with Crippen molar-refractivity contribution in [2.45, 2.75) is 20.3 Å². The van der Waals surface area contributed by atoms with Crippen LogP contribution in [0.5, 0.6) is 23.0 Å². The summed E-state index contributed by atoms with van der Waals surface area (Å²) < 4.78 is 21.8. The van der Waals surface area contributed by atoms with Gasteiger partial charge < -0.3 is 24.3 Å². The molecule has 0 saturated heterocycles. The molecule has 0 aliphatic carbocycles. The standard InChI is InChI=1S/C28H29N3O7/c1-4-15-37-22-12-10-20(11-13-22)28(34)38-24-14-9-19(16-25(24)36-5-2)18-29-31-27(33)26(32)30-21-7-6-8-23(17-21)35-3/h6-14,16-18H,4-5,15H2,1-3H3,(H,30,32)(H,31,33). The van der Waals surface area contributed by atoms with Gasteiger partial charge in [-0.2, -0.15) is 5.10 Å². The molecule has 0 aliphatic heterocycles. The summed E-state index contributed by atoms with van der Waals surface area (Å²) in [4.78, 5) is 36.8. The highest BCUT2D eigenvalue weighted by atomic mass is 16.6. The molecule has 0 spiro atoms. The van der Waals surface area contributed by atoms with Crippen molar-refractivity contribution in [3.05, 3.63) is 77.9 Å². The Kier molecular flexibility index (Phi) is 10.2. The molecule has 38 heavy (non-hydrogen) atoms. The molecular weight excluding hydrogens is 490 g/mol. The zero-order valence-electron chi connectivity index (χ0n) is 21.4. The van der Waals surface area contributed by atoms with E-state index in [4.69, 9.17) is 18.9 Å². The van der Waals surface area contributed by atoms with E-state index in [1.807, 2.05) is 6.92 Å². The van der Waals surface area contributed by atoms with Crippen molar-refractivity contribution in [2.75, 3.05) is 25.6 Å². The fourth-order valence-electron chi connectivity index (χ4n) is 3.13. The molecule has 0 radical (unpaired) electrons. The maximum absolute atomic E-state index is 12.6. The van der Waals surface area contributed by atoms with Crippen LogP contribution in [0.4, 0.5) is 5.69 Å². The SMILES string of the molecule is CCCOc1ccc(C(=O)Oc2ccc(C=NNC(=O)C(=O)Nc3cccc(OC)c3)cc2OCC)cc1. The van der Waals surface area contributed by atoms with Crippen molar-refractivity contribution < 1.29 is 33.3 Å². The van der Waals surface area contributed by atoms with Gasteiger partial charge in [-0.15, -0.1) is 0 Å². The molecule has 2 amide bonds.